The largest absolute Gasteiger partial charge is 0.423 e. The minimum atomic E-state index is -4.79. The van der Waals surface area contributed by atoms with Crippen LogP contribution in [0.2, 0.25) is 0 Å². The molecule has 168 valence electrons. The molecule has 0 aliphatic carbocycles. The standard InChI is InChI=1S/C18H18F3N3O6S/c1-12-15(9-8-14(16(12)24(26)27)23(2)11-18(19,20)21)31(28,29)30-17(25)22-10-13-6-4-3-5-7-13/h3-9H,10-11H2,1-2H3,(H,22,25). The Morgan fingerprint density at radius 3 is 2.35 bits per heavy atom. The molecule has 0 spiro atoms. The zero-order chi connectivity index (χ0) is 23.4. The molecule has 0 bridgehead atoms. The lowest BCUT2D eigenvalue weighted by Gasteiger charge is -2.22. The van der Waals surface area contributed by atoms with Gasteiger partial charge in [-0.05, 0) is 24.6 Å². The Morgan fingerprint density at radius 2 is 1.81 bits per heavy atom. The van der Waals surface area contributed by atoms with Crippen LogP contribution in [0.1, 0.15) is 11.1 Å². The van der Waals surface area contributed by atoms with Gasteiger partial charge in [-0.25, -0.2) is 4.79 Å². The van der Waals surface area contributed by atoms with Gasteiger partial charge in [0.2, 0.25) is 0 Å². The van der Waals surface area contributed by atoms with Gasteiger partial charge in [-0.3, -0.25) is 10.1 Å². The van der Waals surface area contributed by atoms with Crippen molar-refractivity contribution in [3.05, 3.63) is 63.7 Å². The monoisotopic (exact) mass is 461 g/mol. The molecule has 0 aliphatic heterocycles. The van der Waals surface area contributed by atoms with E-state index in [0.29, 0.717) is 10.5 Å². The van der Waals surface area contributed by atoms with Gasteiger partial charge in [0.15, 0.2) is 0 Å². The molecular weight excluding hydrogens is 443 g/mol. The van der Waals surface area contributed by atoms with Crippen LogP contribution in [0.5, 0.6) is 0 Å². The second kappa shape index (κ2) is 9.20. The fourth-order valence-electron chi connectivity index (χ4n) is 2.77. The lowest BCUT2D eigenvalue weighted by atomic mass is 10.1. The van der Waals surface area contributed by atoms with Crippen molar-refractivity contribution in [3.8, 4) is 0 Å². The van der Waals surface area contributed by atoms with Crippen LogP contribution in [0.25, 0.3) is 0 Å². The van der Waals surface area contributed by atoms with Crippen molar-refractivity contribution in [3.63, 3.8) is 0 Å². The second-order valence-corrected chi connectivity index (χ2v) is 7.96. The van der Waals surface area contributed by atoms with Crippen molar-refractivity contribution < 1.29 is 35.5 Å². The summed E-state index contributed by atoms with van der Waals surface area (Å²) in [7, 11) is -3.80. The summed E-state index contributed by atoms with van der Waals surface area (Å²) in [5.41, 5.74) is -1.08. The summed E-state index contributed by atoms with van der Waals surface area (Å²) in [6.07, 6.45) is -5.95. The summed E-state index contributed by atoms with van der Waals surface area (Å²) in [6, 6.07) is 10.2. The van der Waals surface area contributed by atoms with Crippen LogP contribution in [0, 0.1) is 17.0 Å². The van der Waals surface area contributed by atoms with E-state index in [-0.39, 0.29) is 6.54 Å². The van der Waals surface area contributed by atoms with E-state index < -0.39 is 55.7 Å². The third-order valence-corrected chi connectivity index (χ3v) is 5.46. The number of carbonyl (C=O) groups excluding carboxylic acids is 1. The molecule has 1 N–H and O–H groups in total. The summed E-state index contributed by atoms with van der Waals surface area (Å²) in [5, 5.41) is 13.7. The van der Waals surface area contributed by atoms with Crippen LogP contribution in [-0.2, 0) is 20.8 Å². The zero-order valence-corrected chi connectivity index (χ0v) is 17.2. The lowest BCUT2D eigenvalue weighted by Crippen LogP contribution is -2.31. The number of hydrogen-bond donors (Lipinski definition) is 1. The highest BCUT2D eigenvalue weighted by Crippen LogP contribution is 2.36. The first-order chi connectivity index (χ1) is 14.3. The number of nitro groups is 1. The first kappa shape index (κ1) is 23.9. The highest BCUT2D eigenvalue weighted by molar-refractivity contribution is 7.87. The lowest BCUT2D eigenvalue weighted by molar-refractivity contribution is -0.384. The number of alkyl halides is 3. The summed E-state index contributed by atoms with van der Waals surface area (Å²) in [5.74, 6) is 0. The smallest absolute Gasteiger partial charge is 0.360 e. The van der Waals surface area contributed by atoms with Crippen molar-refractivity contribution >= 4 is 27.6 Å². The molecule has 31 heavy (non-hydrogen) atoms. The molecule has 2 aromatic carbocycles. The van der Waals surface area contributed by atoms with E-state index in [9.17, 15) is 36.5 Å². The first-order valence-electron chi connectivity index (χ1n) is 8.64. The molecular formula is C18H18F3N3O6S. The van der Waals surface area contributed by atoms with Gasteiger partial charge in [-0.2, -0.15) is 21.6 Å². The number of carbonyl (C=O) groups is 1. The van der Waals surface area contributed by atoms with Crippen molar-refractivity contribution in [2.24, 2.45) is 0 Å². The van der Waals surface area contributed by atoms with E-state index in [0.717, 1.165) is 26.1 Å². The van der Waals surface area contributed by atoms with E-state index >= 15 is 0 Å². The number of benzene rings is 2. The average molecular weight is 461 g/mol. The van der Waals surface area contributed by atoms with Crippen molar-refractivity contribution in [2.45, 2.75) is 24.5 Å². The van der Waals surface area contributed by atoms with Gasteiger partial charge in [0, 0.05) is 13.6 Å². The van der Waals surface area contributed by atoms with Gasteiger partial charge in [0.05, 0.1) is 10.5 Å². The predicted molar refractivity (Wildman–Crippen MR) is 104 cm³/mol. The average Bonchev–Trinajstić information content (AvgIpc) is 2.64. The Morgan fingerprint density at radius 1 is 1.19 bits per heavy atom. The Balaban J connectivity index is 2.28. The molecule has 2 rings (SSSR count). The molecule has 0 radical (unpaired) electrons. The molecule has 0 aromatic heterocycles. The Hall–Kier alpha value is -3.35. The summed E-state index contributed by atoms with van der Waals surface area (Å²) in [6.45, 7) is -0.478. The minimum Gasteiger partial charge on any atom is -0.360 e. The molecule has 9 nitrogen and oxygen atoms in total. The van der Waals surface area contributed by atoms with Crippen LogP contribution in [0.15, 0.2) is 47.4 Å². The van der Waals surface area contributed by atoms with Crippen molar-refractivity contribution in [1.29, 1.82) is 0 Å². The number of nitrogens with zero attached hydrogens (tertiary/aromatic N) is 2. The quantitative estimate of drug-likeness (QED) is 0.381. The van der Waals surface area contributed by atoms with Gasteiger partial charge >= 0.3 is 22.4 Å². The van der Waals surface area contributed by atoms with Crippen LogP contribution in [0.3, 0.4) is 0 Å². The minimum absolute atomic E-state index is 0.0322. The molecule has 1 amide bonds. The number of nitro benzene ring substituents is 1. The molecule has 0 atom stereocenters. The predicted octanol–water partition coefficient (Wildman–Crippen LogP) is 3.52. The van der Waals surface area contributed by atoms with Gasteiger partial charge in [-0.1, -0.05) is 30.3 Å². The molecule has 0 saturated carbocycles. The van der Waals surface area contributed by atoms with E-state index in [2.05, 4.69) is 9.50 Å². The number of hydrogen-bond acceptors (Lipinski definition) is 7. The molecule has 0 aliphatic rings. The zero-order valence-electron chi connectivity index (χ0n) is 16.3. The Labute approximate surface area is 175 Å². The fourth-order valence-corrected chi connectivity index (χ4v) is 3.83. The fraction of sp³-hybridized carbons (Fsp3) is 0.278. The summed E-state index contributed by atoms with van der Waals surface area (Å²) < 4.78 is 67.3. The Bertz CT molecular complexity index is 1070. The van der Waals surface area contributed by atoms with Gasteiger partial charge in [0.25, 0.3) is 5.69 Å². The van der Waals surface area contributed by atoms with Crippen LogP contribution in [-0.4, -0.2) is 39.2 Å². The molecule has 0 fully saturated rings. The first-order valence-corrected chi connectivity index (χ1v) is 10.0. The van der Waals surface area contributed by atoms with E-state index in [1.165, 1.54) is 0 Å². The van der Waals surface area contributed by atoms with Crippen molar-refractivity contribution in [1.82, 2.24) is 5.32 Å². The number of nitrogens with one attached hydrogen (secondary N) is 1. The molecule has 2 aromatic rings. The third-order valence-electron chi connectivity index (χ3n) is 4.10. The SMILES string of the molecule is Cc1c(S(=O)(=O)OC(=O)NCc2ccccc2)ccc(N(C)CC(F)(F)F)c1[N+](=O)[O-]. The molecule has 13 heteroatoms. The number of halogens is 3. The maximum Gasteiger partial charge on any atom is 0.423 e. The van der Waals surface area contributed by atoms with Crippen molar-refractivity contribution in [2.75, 3.05) is 18.5 Å². The summed E-state index contributed by atoms with van der Waals surface area (Å²) in [4.78, 5) is 22.2. The van der Waals surface area contributed by atoms with Gasteiger partial charge < -0.3 is 14.4 Å². The van der Waals surface area contributed by atoms with E-state index in [1.54, 1.807) is 30.3 Å². The normalized spacial score (nSPS) is 11.6. The van der Waals surface area contributed by atoms with Gasteiger partial charge in [-0.15, -0.1) is 0 Å². The van der Waals surface area contributed by atoms with Crippen LogP contribution < -0.4 is 10.2 Å². The van der Waals surface area contributed by atoms with E-state index in [1.807, 2.05) is 0 Å². The van der Waals surface area contributed by atoms with Crippen LogP contribution >= 0.6 is 0 Å². The van der Waals surface area contributed by atoms with Gasteiger partial charge in [0.1, 0.15) is 17.1 Å². The molecule has 0 unspecified atom stereocenters. The molecule has 0 heterocycles. The second-order valence-electron chi connectivity index (χ2n) is 6.45. The maximum atomic E-state index is 12.7. The van der Waals surface area contributed by atoms with E-state index in [4.69, 9.17) is 0 Å². The topological polar surface area (TPSA) is 119 Å². The third kappa shape index (κ3) is 6.31. The van der Waals surface area contributed by atoms with Crippen LogP contribution in [0.4, 0.5) is 29.3 Å². The number of amides is 1. The summed E-state index contributed by atoms with van der Waals surface area (Å²) >= 11 is 0. The highest BCUT2D eigenvalue weighted by atomic mass is 32.2. The number of anilines is 1. The number of rotatable bonds is 7. The highest BCUT2D eigenvalue weighted by Gasteiger charge is 2.34. The Kier molecular flexibility index (Phi) is 7.10. The maximum absolute atomic E-state index is 12.7. The molecule has 0 saturated heterocycles.